The maximum absolute atomic E-state index is 13.2. The number of halogens is 1. The zero-order valence-electron chi connectivity index (χ0n) is 11.7. The van der Waals surface area contributed by atoms with Crippen molar-refractivity contribution in [2.75, 3.05) is 39.5 Å². The summed E-state index contributed by atoms with van der Waals surface area (Å²) in [6, 6.07) is 4.07. The Hall–Kier alpha value is -1.92. The first-order chi connectivity index (χ1) is 10.1. The second-order valence-corrected chi connectivity index (χ2v) is 4.76. The number of hydrogen-bond acceptors (Lipinski definition) is 4. The summed E-state index contributed by atoms with van der Waals surface area (Å²) >= 11 is 0. The molecule has 1 saturated heterocycles. The van der Waals surface area contributed by atoms with Crippen LogP contribution in [0, 0.1) is 0 Å². The number of carboxylic acids is 1. The molecule has 1 heterocycles. The van der Waals surface area contributed by atoms with E-state index in [2.05, 4.69) is 11.5 Å². The minimum absolute atomic E-state index is 0.0207. The van der Waals surface area contributed by atoms with Gasteiger partial charge in [-0.05, 0) is 18.2 Å². The minimum atomic E-state index is -1.13. The molecule has 1 aliphatic heterocycles. The molecule has 1 aliphatic rings. The molecule has 0 amide bonds. The van der Waals surface area contributed by atoms with Gasteiger partial charge in [-0.15, -0.1) is 0 Å². The lowest BCUT2D eigenvalue weighted by atomic mass is 10.1. The van der Waals surface area contributed by atoms with Crippen LogP contribution in [0.25, 0.3) is 5.83 Å². The van der Waals surface area contributed by atoms with E-state index in [0.717, 1.165) is 13.1 Å². The van der Waals surface area contributed by atoms with Crippen molar-refractivity contribution < 1.29 is 23.8 Å². The first-order valence-corrected chi connectivity index (χ1v) is 6.72. The summed E-state index contributed by atoms with van der Waals surface area (Å²) in [4.78, 5) is 13.2. The molecule has 0 radical (unpaired) electrons. The van der Waals surface area contributed by atoms with Gasteiger partial charge in [0, 0.05) is 25.2 Å². The molecule has 0 saturated carbocycles. The largest absolute Gasteiger partial charge is 0.492 e. The third-order valence-electron chi connectivity index (χ3n) is 3.25. The van der Waals surface area contributed by atoms with Crippen LogP contribution in [-0.2, 0) is 4.74 Å². The number of carbonyl (C=O) groups is 1. The van der Waals surface area contributed by atoms with Gasteiger partial charge in [0.2, 0.25) is 0 Å². The number of hydrogen-bond donors (Lipinski definition) is 1. The van der Waals surface area contributed by atoms with Gasteiger partial charge < -0.3 is 14.6 Å². The molecule has 21 heavy (non-hydrogen) atoms. The Bertz CT molecular complexity index is 494. The fourth-order valence-corrected chi connectivity index (χ4v) is 2.08. The third kappa shape index (κ3) is 4.54. The number of nitrogens with zero attached hydrogens (tertiary/aromatic N) is 1. The SMILES string of the molecule is C=C(F)c1cc(OCCN2CCOCC2)cc(C(=O)O)c1. The Balaban J connectivity index is 1.98. The number of benzene rings is 1. The average Bonchev–Trinajstić information content (AvgIpc) is 2.48. The van der Waals surface area contributed by atoms with Gasteiger partial charge in [-0.1, -0.05) is 6.58 Å². The zero-order valence-corrected chi connectivity index (χ0v) is 11.7. The average molecular weight is 295 g/mol. The Kier molecular flexibility index (Phi) is 5.30. The maximum Gasteiger partial charge on any atom is 0.335 e. The van der Waals surface area contributed by atoms with E-state index in [4.69, 9.17) is 14.6 Å². The van der Waals surface area contributed by atoms with Gasteiger partial charge in [0.05, 0.1) is 18.8 Å². The van der Waals surface area contributed by atoms with Crippen LogP contribution in [0.2, 0.25) is 0 Å². The highest BCUT2D eigenvalue weighted by Gasteiger charge is 2.12. The lowest BCUT2D eigenvalue weighted by molar-refractivity contribution is 0.0322. The molecular weight excluding hydrogens is 277 g/mol. The van der Waals surface area contributed by atoms with Crippen molar-refractivity contribution in [2.24, 2.45) is 0 Å². The molecule has 0 aliphatic carbocycles. The van der Waals surface area contributed by atoms with Crippen LogP contribution < -0.4 is 4.74 Å². The monoisotopic (exact) mass is 295 g/mol. The summed E-state index contributed by atoms with van der Waals surface area (Å²) in [7, 11) is 0. The zero-order chi connectivity index (χ0) is 15.2. The lowest BCUT2D eigenvalue weighted by Crippen LogP contribution is -2.38. The van der Waals surface area contributed by atoms with Crippen LogP contribution >= 0.6 is 0 Å². The Morgan fingerprint density at radius 1 is 1.33 bits per heavy atom. The van der Waals surface area contributed by atoms with Crippen molar-refractivity contribution in [3.63, 3.8) is 0 Å². The molecule has 5 nitrogen and oxygen atoms in total. The molecule has 1 N–H and O–H groups in total. The van der Waals surface area contributed by atoms with Crippen molar-refractivity contribution in [3.05, 3.63) is 35.9 Å². The molecule has 0 atom stereocenters. The van der Waals surface area contributed by atoms with E-state index in [-0.39, 0.29) is 11.1 Å². The normalized spacial score (nSPS) is 15.7. The fourth-order valence-electron chi connectivity index (χ4n) is 2.08. The van der Waals surface area contributed by atoms with Crippen LogP contribution in [0.4, 0.5) is 4.39 Å². The van der Waals surface area contributed by atoms with Crippen LogP contribution in [-0.4, -0.2) is 55.4 Å². The van der Waals surface area contributed by atoms with Gasteiger partial charge in [0.25, 0.3) is 0 Å². The maximum atomic E-state index is 13.2. The molecule has 0 bridgehead atoms. The minimum Gasteiger partial charge on any atom is -0.492 e. The van der Waals surface area contributed by atoms with E-state index in [1.165, 1.54) is 18.2 Å². The molecule has 1 aromatic carbocycles. The van der Waals surface area contributed by atoms with E-state index < -0.39 is 11.8 Å². The second-order valence-electron chi connectivity index (χ2n) is 4.76. The summed E-state index contributed by atoms with van der Waals surface area (Å²) in [6.07, 6.45) is 0. The summed E-state index contributed by atoms with van der Waals surface area (Å²) in [5, 5.41) is 9.01. The number of carboxylic acid groups (broad SMARTS) is 1. The standard InChI is InChI=1S/C15H18FNO4/c1-11(16)12-8-13(15(18)19)10-14(9-12)21-7-4-17-2-5-20-6-3-17/h8-10H,1-7H2,(H,18,19). The lowest BCUT2D eigenvalue weighted by Gasteiger charge is -2.26. The highest BCUT2D eigenvalue weighted by Crippen LogP contribution is 2.23. The number of rotatable bonds is 6. The quantitative estimate of drug-likeness (QED) is 0.870. The van der Waals surface area contributed by atoms with Gasteiger partial charge in [0.15, 0.2) is 0 Å². The highest BCUT2D eigenvalue weighted by molar-refractivity contribution is 5.89. The summed E-state index contributed by atoms with van der Waals surface area (Å²) in [5.41, 5.74) is 0.101. The van der Waals surface area contributed by atoms with E-state index >= 15 is 0 Å². The van der Waals surface area contributed by atoms with Gasteiger partial charge in [0.1, 0.15) is 18.2 Å². The van der Waals surface area contributed by atoms with E-state index in [1.807, 2.05) is 0 Å². The molecule has 114 valence electrons. The van der Waals surface area contributed by atoms with E-state index in [9.17, 15) is 9.18 Å². The Labute approximate surface area is 122 Å². The third-order valence-corrected chi connectivity index (χ3v) is 3.25. The van der Waals surface area contributed by atoms with Crippen LogP contribution in [0.5, 0.6) is 5.75 Å². The van der Waals surface area contributed by atoms with Crippen LogP contribution in [0.15, 0.2) is 24.8 Å². The first kappa shape index (κ1) is 15.5. The molecular formula is C15H18FNO4. The molecule has 0 aromatic heterocycles. The predicted octanol–water partition coefficient (Wildman–Crippen LogP) is 2.04. The smallest absolute Gasteiger partial charge is 0.335 e. The van der Waals surface area contributed by atoms with Crippen molar-refractivity contribution in [2.45, 2.75) is 0 Å². The van der Waals surface area contributed by atoms with Gasteiger partial charge in [-0.3, -0.25) is 4.90 Å². The van der Waals surface area contributed by atoms with Crippen molar-refractivity contribution in [1.29, 1.82) is 0 Å². The summed E-state index contributed by atoms with van der Waals surface area (Å²) in [5.74, 6) is -1.48. The van der Waals surface area contributed by atoms with Crippen molar-refractivity contribution >= 4 is 11.8 Å². The Morgan fingerprint density at radius 3 is 2.62 bits per heavy atom. The van der Waals surface area contributed by atoms with Crippen LogP contribution in [0.3, 0.4) is 0 Å². The molecule has 2 rings (SSSR count). The number of aromatic carboxylic acids is 1. The van der Waals surface area contributed by atoms with Crippen molar-refractivity contribution in [3.8, 4) is 5.75 Å². The molecule has 0 unspecified atom stereocenters. The van der Waals surface area contributed by atoms with Crippen molar-refractivity contribution in [1.82, 2.24) is 4.90 Å². The summed E-state index contributed by atoms with van der Waals surface area (Å²) in [6.45, 7) is 7.42. The predicted molar refractivity (Wildman–Crippen MR) is 76.3 cm³/mol. The molecule has 6 heteroatoms. The molecule has 1 fully saturated rings. The van der Waals surface area contributed by atoms with Gasteiger partial charge in [-0.2, -0.15) is 0 Å². The second kappa shape index (κ2) is 7.19. The molecule has 1 aromatic rings. The number of morpholine rings is 1. The van der Waals surface area contributed by atoms with Crippen LogP contribution in [0.1, 0.15) is 15.9 Å². The number of ether oxygens (including phenoxy) is 2. The molecule has 0 spiro atoms. The Morgan fingerprint density at radius 2 is 2.00 bits per heavy atom. The summed E-state index contributed by atoms with van der Waals surface area (Å²) < 4.78 is 24.0. The van der Waals surface area contributed by atoms with Gasteiger partial charge >= 0.3 is 5.97 Å². The first-order valence-electron chi connectivity index (χ1n) is 6.72. The van der Waals surface area contributed by atoms with Gasteiger partial charge in [-0.25, -0.2) is 9.18 Å². The fraction of sp³-hybridized carbons (Fsp3) is 0.400. The van der Waals surface area contributed by atoms with E-state index in [0.29, 0.717) is 32.1 Å². The topological polar surface area (TPSA) is 59.0 Å². The van der Waals surface area contributed by atoms with E-state index in [1.54, 1.807) is 0 Å². The highest BCUT2D eigenvalue weighted by atomic mass is 19.1.